The van der Waals surface area contributed by atoms with Crippen LogP contribution in [0.5, 0.6) is 0 Å². The zero-order valence-electron chi connectivity index (χ0n) is 13.7. The Morgan fingerprint density at radius 2 is 1.92 bits per heavy atom. The molecule has 7 heteroatoms. The summed E-state index contributed by atoms with van der Waals surface area (Å²) in [7, 11) is 3.44. The maximum absolute atomic E-state index is 13.0. The van der Waals surface area contributed by atoms with Gasteiger partial charge in [-0.25, -0.2) is 0 Å². The zero-order chi connectivity index (χ0) is 18.2. The molecule has 132 valence electrons. The Kier molecular flexibility index (Phi) is 4.69. The highest BCUT2D eigenvalue weighted by atomic mass is 32.2. The molecule has 2 aromatic carbocycles. The van der Waals surface area contributed by atoms with E-state index in [2.05, 4.69) is 5.32 Å². The molecule has 1 amide bonds. The quantitative estimate of drug-likeness (QED) is 0.872. The topological polar surface area (TPSA) is 32.3 Å². The Morgan fingerprint density at radius 1 is 1.20 bits per heavy atom. The largest absolute Gasteiger partial charge is 0.416 e. The molecule has 0 aliphatic carbocycles. The van der Waals surface area contributed by atoms with Crippen molar-refractivity contribution in [1.29, 1.82) is 0 Å². The van der Waals surface area contributed by atoms with E-state index in [1.807, 2.05) is 24.3 Å². The zero-order valence-corrected chi connectivity index (χ0v) is 14.5. The van der Waals surface area contributed by atoms with Gasteiger partial charge in [0, 0.05) is 19.0 Å². The van der Waals surface area contributed by atoms with Crippen LogP contribution in [0.3, 0.4) is 0 Å². The summed E-state index contributed by atoms with van der Waals surface area (Å²) in [5.74, 6) is -0.288. The summed E-state index contributed by atoms with van der Waals surface area (Å²) in [6, 6.07) is 11.1. The number of amides is 1. The predicted octanol–water partition coefficient (Wildman–Crippen LogP) is 4.43. The van der Waals surface area contributed by atoms with Crippen LogP contribution in [0.2, 0.25) is 0 Å². The molecule has 0 saturated heterocycles. The van der Waals surface area contributed by atoms with Crippen LogP contribution in [-0.2, 0) is 17.4 Å². The van der Waals surface area contributed by atoms with Crippen LogP contribution in [0.4, 0.5) is 24.5 Å². The number of hydrogen-bond donors (Lipinski definition) is 1. The fourth-order valence-corrected chi connectivity index (χ4v) is 3.94. The van der Waals surface area contributed by atoms with Gasteiger partial charge in [-0.15, -0.1) is 11.8 Å². The molecule has 2 aromatic rings. The molecule has 0 radical (unpaired) electrons. The summed E-state index contributed by atoms with van der Waals surface area (Å²) in [6.07, 6.45) is -3.88. The van der Waals surface area contributed by atoms with Gasteiger partial charge in [-0.05, 0) is 36.2 Å². The molecule has 1 N–H and O–H groups in total. The van der Waals surface area contributed by atoms with Gasteiger partial charge < -0.3 is 10.2 Å². The van der Waals surface area contributed by atoms with Crippen LogP contribution in [0, 0.1) is 0 Å². The number of nitrogens with zero attached hydrogens (tertiary/aromatic N) is 1. The molecule has 3 rings (SSSR count). The van der Waals surface area contributed by atoms with Crippen molar-refractivity contribution in [2.45, 2.75) is 22.7 Å². The van der Waals surface area contributed by atoms with Crippen molar-refractivity contribution in [2.75, 3.05) is 24.3 Å². The van der Waals surface area contributed by atoms with Crippen molar-refractivity contribution in [2.24, 2.45) is 0 Å². The van der Waals surface area contributed by atoms with Gasteiger partial charge in [0.25, 0.3) is 0 Å². The molecule has 1 aliphatic rings. The van der Waals surface area contributed by atoms with E-state index in [0.717, 1.165) is 22.6 Å². The Hall–Kier alpha value is -2.15. The molecule has 0 spiro atoms. The van der Waals surface area contributed by atoms with E-state index in [1.165, 1.54) is 17.8 Å². The Morgan fingerprint density at radius 3 is 2.56 bits per heavy atom. The second-order valence-electron chi connectivity index (χ2n) is 6.03. The second kappa shape index (κ2) is 6.63. The normalized spacial score (nSPS) is 16.4. The number of carbonyl (C=O) groups excluding carboxylic acids is 1. The van der Waals surface area contributed by atoms with E-state index in [1.54, 1.807) is 19.0 Å². The summed E-state index contributed by atoms with van der Waals surface area (Å²) in [4.78, 5) is 15.3. The van der Waals surface area contributed by atoms with Crippen molar-refractivity contribution < 1.29 is 18.0 Å². The number of halogens is 3. The lowest BCUT2D eigenvalue weighted by Gasteiger charge is -2.20. The summed E-state index contributed by atoms with van der Waals surface area (Å²) < 4.78 is 39.0. The van der Waals surface area contributed by atoms with Gasteiger partial charge in [0.1, 0.15) is 0 Å². The summed E-state index contributed by atoms with van der Waals surface area (Å²) >= 11 is 1.44. The highest BCUT2D eigenvalue weighted by Crippen LogP contribution is 2.39. The summed E-state index contributed by atoms with van der Waals surface area (Å²) in [5.41, 5.74) is 1.00. The van der Waals surface area contributed by atoms with Crippen molar-refractivity contribution in [3.63, 3.8) is 0 Å². The van der Waals surface area contributed by atoms with Crippen LogP contribution in [-0.4, -0.2) is 25.3 Å². The predicted molar refractivity (Wildman–Crippen MR) is 94.2 cm³/mol. The van der Waals surface area contributed by atoms with E-state index in [0.29, 0.717) is 12.1 Å². The van der Waals surface area contributed by atoms with Crippen molar-refractivity contribution in [1.82, 2.24) is 0 Å². The summed E-state index contributed by atoms with van der Waals surface area (Å²) in [5, 5.41) is 2.33. The first-order chi connectivity index (χ1) is 11.8. The molecule has 0 saturated carbocycles. The van der Waals surface area contributed by atoms with Crippen LogP contribution in [0.15, 0.2) is 47.4 Å². The average Bonchev–Trinajstić information content (AvgIpc) is 2.98. The lowest BCUT2D eigenvalue weighted by Crippen LogP contribution is -2.26. The van der Waals surface area contributed by atoms with Crippen LogP contribution < -0.4 is 10.2 Å². The van der Waals surface area contributed by atoms with Gasteiger partial charge in [0.15, 0.2) is 0 Å². The minimum atomic E-state index is -4.46. The maximum atomic E-state index is 13.0. The molecule has 1 unspecified atom stereocenters. The Bertz CT molecular complexity index is 780. The molecule has 0 bridgehead atoms. The number of nitrogens with one attached hydrogen (secondary N) is 1. The fourth-order valence-electron chi connectivity index (χ4n) is 2.74. The third kappa shape index (κ3) is 3.76. The molecule has 0 aromatic heterocycles. The van der Waals surface area contributed by atoms with Gasteiger partial charge in [-0.1, -0.05) is 18.2 Å². The molecule has 1 atom stereocenters. The van der Waals surface area contributed by atoms with Crippen molar-refractivity contribution >= 4 is 29.0 Å². The van der Waals surface area contributed by atoms with E-state index in [4.69, 9.17) is 0 Å². The van der Waals surface area contributed by atoms with Gasteiger partial charge in [0.2, 0.25) is 5.91 Å². The first-order valence-corrected chi connectivity index (χ1v) is 8.57. The summed E-state index contributed by atoms with van der Waals surface area (Å²) in [6.45, 7) is 0. The third-order valence-corrected chi connectivity index (χ3v) is 5.32. The highest BCUT2D eigenvalue weighted by Gasteiger charge is 2.32. The molecule has 3 nitrogen and oxygen atoms in total. The van der Waals surface area contributed by atoms with Gasteiger partial charge in [-0.2, -0.15) is 13.2 Å². The first-order valence-electron chi connectivity index (χ1n) is 7.69. The smallest absolute Gasteiger partial charge is 0.376 e. The van der Waals surface area contributed by atoms with Crippen LogP contribution in [0.25, 0.3) is 0 Å². The number of rotatable bonds is 3. The number of benzene rings is 2. The van der Waals surface area contributed by atoms with E-state index < -0.39 is 11.7 Å². The molecule has 1 heterocycles. The minimum Gasteiger partial charge on any atom is -0.376 e. The third-order valence-electron chi connectivity index (χ3n) is 4.00. The fraction of sp³-hybridized carbons (Fsp3) is 0.278. The van der Waals surface area contributed by atoms with E-state index >= 15 is 0 Å². The lowest BCUT2D eigenvalue weighted by atomic mass is 10.1. The molecule has 1 aliphatic heterocycles. The second-order valence-corrected chi connectivity index (χ2v) is 7.28. The first kappa shape index (κ1) is 17.7. The van der Waals surface area contributed by atoms with Crippen LogP contribution >= 0.6 is 11.8 Å². The lowest BCUT2D eigenvalue weighted by molar-refractivity contribution is -0.137. The monoisotopic (exact) mass is 366 g/mol. The maximum Gasteiger partial charge on any atom is 0.416 e. The van der Waals surface area contributed by atoms with E-state index in [-0.39, 0.29) is 16.8 Å². The average molecular weight is 366 g/mol. The van der Waals surface area contributed by atoms with Crippen molar-refractivity contribution in [3.05, 3.63) is 53.6 Å². The standard InChI is InChI=1S/C18H17F3N2OS/c1-23(2)14-8-7-12(18(19,20)21)10-13(14)22-17(24)16-9-11-5-3-4-6-15(11)25-16/h3-8,10,16H,9H2,1-2H3,(H,22,24). The van der Waals surface area contributed by atoms with Crippen molar-refractivity contribution in [3.8, 4) is 0 Å². The van der Waals surface area contributed by atoms with Gasteiger partial charge in [-0.3, -0.25) is 4.79 Å². The number of thioether (sulfide) groups is 1. The number of anilines is 2. The molecular weight excluding hydrogens is 349 g/mol. The number of hydrogen-bond acceptors (Lipinski definition) is 3. The van der Waals surface area contributed by atoms with Gasteiger partial charge >= 0.3 is 6.18 Å². The molecule has 25 heavy (non-hydrogen) atoms. The highest BCUT2D eigenvalue weighted by molar-refractivity contribution is 8.01. The van der Waals surface area contributed by atoms with E-state index in [9.17, 15) is 18.0 Å². The SMILES string of the molecule is CN(C)c1ccc(C(F)(F)F)cc1NC(=O)C1Cc2ccccc2S1. The Labute approximate surface area is 148 Å². The van der Waals surface area contributed by atoms with Crippen LogP contribution in [0.1, 0.15) is 11.1 Å². The minimum absolute atomic E-state index is 0.168. The van der Waals surface area contributed by atoms with Gasteiger partial charge in [0.05, 0.1) is 22.2 Å². The molecule has 0 fully saturated rings. The number of carbonyl (C=O) groups is 1. The Balaban J connectivity index is 1.83. The number of alkyl halides is 3. The molecular formula is C18H17F3N2OS. The number of fused-ring (bicyclic) bond motifs is 1.